The standard InChI is InChI=1S/C12H19N3O2S/c1-11-3-4-12(9-13-11)10-14-5-7-15(8-6-14)18(2,16)17/h3-4,9H,5-8,10H2,1-2H3. The van der Waals surface area contributed by atoms with Crippen LogP contribution in [-0.4, -0.2) is 55.0 Å². The molecular formula is C12H19N3O2S. The van der Waals surface area contributed by atoms with Crippen molar-refractivity contribution in [2.75, 3.05) is 32.4 Å². The van der Waals surface area contributed by atoms with Crippen molar-refractivity contribution in [3.63, 3.8) is 0 Å². The summed E-state index contributed by atoms with van der Waals surface area (Å²) in [5.41, 5.74) is 2.19. The van der Waals surface area contributed by atoms with Crippen molar-refractivity contribution >= 4 is 10.0 Å². The van der Waals surface area contributed by atoms with E-state index in [9.17, 15) is 8.42 Å². The predicted octanol–water partition coefficient (Wildman–Crippen LogP) is 0.467. The van der Waals surface area contributed by atoms with Crippen molar-refractivity contribution < 1.29 is 8.42 Å². The van der Waals surface area contributed by atoms with Crippen molar-refractivity contribution in [2.45, 2.75) is 13.5 Å². The van der Waals surface area contributed by atoms with E-state index in [1.54, 1.807) is 0 Å². The summed E-state index contributed by atoms with van der Waals surface area (Å²) in [7, 11) is -3.03. The fraction of sp³-hybridized carbons (Fsp3) is 0.583. The van der Waals surface area contributed by atoms with Crippen LogP contribution in [0, 0.1) is 6.92 Å². The van der Waals surface area contributed by atoms with E-state index < -0.39 is 10.0 Å². The van der Waals surface area contributed by atoms with E-state index in [1.807, 2.05) is 19.2 Å². The molecule has 1 fully saturated rings. The molecule has 0 saturated carbocycles. The lowest BCUT2D eigenvalue weighted by atomic mass is 10.2. The second-order valence-corrected chi connectivity index (χ2v) is 6.73. The molecule has 5 nitrogen and oxygen atoms in total. The van der Waals surface area contributed by atoms with E-state index >= 15 is 0 Å². The third-order valence-electron chi connectivity index (χ3n) is 3.18. The van der Waals surface area contributed by atoms with Gasteiger partial charge in [0.05, 0.1) is 6.26 Å². The van der Waals surface area contributed by atoms with Crippen LogP contribution >= 0.6 is 0 Å². The molecule has 18 heavy (non-hydrogen) atoms. The van der Waals surface area contributed by atoms with Crippen LogP contribution in [0.4, 0.5) is 0 Å². The Bertz CT molecular complexity index is 491. The average molecular weight is 269 g/mol. The van der Waals surface area contributed by atoms with Crippen molar-refractivity contribution in [1.82, 2.24) is 14.2 Å². The van der Waals surface area contributed by atoms with Gasteiger partial charge in [0.2, 0.25) is 10.0 Å². The molecule has 0 aliphatic carbocycles. The largest absolute Gasteiger partial charge is 0.296 e. The Kier molecular flexibility index (Phi) is 3.99. The van der Waals surface area contributed by atoms with E-state index in [-0.39, 0.29) is 0 Å². The molecule has 0 spiro atoms. The van der Waals surface area contributed by atoms with Crippen LogP contribution in [0.15, 0.2) is 18.3 Å². The van der Waals surface area contributed by atoms with Gasteiger partial charge in [0, 0.05) is 44.6 Å². The van der Waals surface area contributed by atoms with Gasteiger partial charge < -0.3 is 0 Å². The number of hydrogen-bond donors (Lipinski definition) is 0. The fourth-order valence-electron chi connectivity index (χ4n) is 2.07. The summed E-state index contributed by atoms with van der Waals surface area (Å²) in [5, 5.41) is 0. The number of hydrogen-bond acceptors (Lipinski definition) is 4. The Morgan fingerprint density at radius 1 is 1.22 bits per heavy atom. The van der Waals surface area contributed by atoms with Gasteiger partial charge in [0.1, 0.15) is 0 Å². The molecule has 1 aliphatic heterocycles. The van der Waals surface area contributed by atoms with Crippen LogP contribution in [0.25, 0.3) is 0 Å². The number of rotatable bonds is 3. The molecule has 0 aromatic carbocycles. The van der Waals surface area contributed by atoms with Crippen LogP contribution in [0.5, 0.6) is 0 Å². The topological polar surface area (TPSA) is 53.5 Å². The zero-order valence-corrected chi connectivity index (χ0v) is 11.7. The lowest BCUT2D eigenvalue weighted by Gasteiger charge is -2.33. The number of aryl methyl sites for hydroxylation is 1. The van der Waals surface area contributed by atoms with E-state index in [2.05, 4.69) is 16.0 Å². The zero-order valence-electron chi connectivity index (χ0n) is 10.8. The van der Waals surface area contributed by atoms with E-state index in [1.165, 1.54) is 16.1 Å². The predicted molar refractivity (Wildman–Crippen MR) is 70.7 cm³/mol. The fourth-order valence-corrected chi connectivity index (χ4v) is 2.90. The molecular weight excluding hydrogens is 250 g/mol. The molecule has 2 rings (SSSR count). The van der Waals surface area contributed by atoms with E-state index in [0.29, 0.717) is 13.1 Å². The Hall–Kier alpha value is -0.980. The minimum absolute atomic E-state index is 0.581. The van der Waals surface area contributed by atoms with Gasteiger partial charge in [-0.3, -0.25) is 9.88 Å². The van der Waals surface area contributed by atoms with Gasteiger partial charge in [0.25, 0.3) is 0 Å². The second-order valence-electron chi connectivity index (χ2n) is 4.75. The van der Waals surface area contributed by atoms with Crippen LogP contribution in [0.3, 0.4) is 0 Å². The molecule has 1 aromatic heterocycles. The number of pyridine rings is 1. The lowest BCUT2D eigenvalue weighted by molar-refractivity contribution is 0.182. The Balaban J connectivity index is 1.89. The minimum atomic E-state index is -3.03. The van der Waals surface area contributed by atoms with Crippen molar-refractivity contribution in [3.05, 3.63) is 29.6 Å². The van der Waals surface area contributed by atoms with Crippen molar-refractivity contribution in [1.29, 1.82) is 0 Å². The van der Waals surface area contributed by atoms with Gasteiger partial charge in [-0.25, -0.2) is 8.42 Å². The highest BCUT2D eigenvalue weighted by Crippen LogP contribution is 2.10. The molecule has 0 radical (unpaired) electrons. The van der Waals surface area contributed by atoms with Crippen molar-refractivity contribution in [3.8, 4) is 0 Å². The van der Waals surface area contributed by atoms with Gasteiger partial charge in [-0.05, 0) is 18.6 Å². The third kappa shape index (κ3) is 3.51. The highest BCUT2D eigenvalue weighted by atomic mass is 32.2. The maximum atomic E-state index is 11.4. The molecule has 0 unspecified atom stereocenters. The maximum Gasteiger partial charge on any atom is 0.211 e. The normalized spacial score (nSPS) is 19.0. The number of sulfonamides is 1. The summed E-state index contributed by atoms with van der Waals surface area (Å²) < 4.78 is 24.3. The lowest BCUT2D eigenvalue weighted by Crippen LogP contribution is -2.47. The molecule has 0 bridgehead atoms. The van der Waals surface area contributed by atoms with Crippen LogP contribution in [0.2, 0.25) is 0 Å². The summed E-state index contributed by atoms with van der Waals surface area (Å²) in [6.45, 7) is 5.53. The monoisotopic (exact) mass is 269 g/mol. The zero-order chi connectivity index (χ0) is 13.2. The van der Waals surface area contributed by atoms with Gasteiger partial charge in [0.15, 0.2) is 0 Å². The summed E-state index contributed by atoms with van der Waals surface area (Å²) in [5.74, 6) is 0. The highest BCUT2D eigenvalue weighted by Gasteiger charge is 2.23. The van der Waals surface area contributed by atoms with Crippen LogP contribution < -0.4 is 0 Å². The first-order valence-electron chi connectivity index (χ1n) is 6.04. The Morgan fingerprint density at radius 3 is 2.39 bits per heavy atom. The molecule has 6 heteroatoms. The molecule has 0 N–H and O–H groups in total. The molecule has 0 amide bonds. The van der Waals surface area contributed by atoms with Gasteiger partial charge in [-0.1, -0.05) is 6.07 Å². The molecule has 1 saturated heterocycles. The first kappa shape index (κ1) is 13.5. The summed E-state index contributed by atoms with van der Waals surface area (Å²) in [6, 6.07) is 4.08. The summed E-state index contributed by atoms with van der Waals surface area (Å²) in [4.78, 5) is 6.52. The quantitative estimate of drug-likeness (QED) is 0.800. The average Bonchev–Trinajstić information content (AvgIpc) is 2.32. The summed E-state index contributed by atoms with van der Waals surface area (Å²) >= 11 is 0. The molecule has 100 valence electrons. The SMILES string of the molecule is Cc1ccc(CN2CCN(S(C)(=O)=O)CC2)cn1. The van der Waals surface area contributed by atoms with E-state index in [4.69, 9.17) is 0 Å². The Morgan fingerprint density at radius 2 is 1.89 bits per heavy atom. The van der Waals surface area contributed by atoms with Crippen molar-refractivity contribution in [2.24, 2.45) is 0 Å². The summed E-state index contributed by atoms with van der Waals surface area (Å²) in [6.07, 6.45) is 3.16. The molecule has 1 aromatic rings. The van der Waals surface area contributed by atoms with Crippen LogP contribution in [0.1, 0.15) is 11.3 Å². The first-order chi connectivity index (χ1) is 8.45. The molecule has 1 aliphatic rings. The number of aromatic nitrogens is 1. The van der Waals surface area contributed by atoms with Gasteiger partial charge >= 0.3 is 0 Å². The van der Waals surface area contributed by atoms with Gasteiger partial charge in [-0.2, -0.15) is 4.31 Å². The molecule has 2 heterocycles. The minimum Gasteiger partial charge on any atom is -0.296 e. The highest BCUT2D eigenvalue weighted by molar-refractivity contribution is 7.88. The van der Waals surface area contributed by atoms with E-state index in [0.717, 1.165) is 25.3 Å². The maximum absolute atomic E-state index is 11.4. The third-order valence-corrected chi connectivity index (χ3v) is 4.48. The van der Waals surface area contributed by atoms with Gasteiger partial charge in [-0.15, -0.1) is 0 Å². The smallest absolute Gasteiger partial charge is 0.211 e. The number of piperazine rings is 1. The first-order valence-corrected chi connectivity index (χ1v) is 7.89. The van der Waals surface area contributed by atoms with Crippen LogP contribution in [-0.2, 0) is 16.6 Å². The Labute approximate surface area is 108 Å². The molecule has 0 atom stereocenters. The number of nitrogens with zero attached hydrogens (tertiary/aromatic N) is 3. The second kappa shape index (κ2) is 5.34.